The average molecular weight is 1820 g/mol. The third-order valence-electron chi connectivity index (χ3n) is 14.8. The number of aromatic nitrogens is 18. The molecule has 0 spiro atoms. The number of phosphoric acid groups is 9. The van der Waals surface area contributed by atoms with E-state index in [0.717, 1.165) is 39.2 Å². The van der Waals surface area contributed by atoms with Crippen LogP contribution in [0.4, 0.5) is 35.2 Å². The summed E-state index contributed by atoms with van der Waals surface area (Å²) in [7, 11) is -50.6. The number of azide groups is 2. The van der Waals surface area contributed by atoms with Gasteiger partial charge in [0.05, 0.1) is 38.6 Å². The zero-order valence-corrected chi connectivity index (χ0v) is 63.7. The largest absolute Gasteiger partial charge is 0.490 e. The van der Waals surface area contributed by atoms with Crippen LogP contribution in [0.25, 0.3) is 65.5 Å². The van der Waals surface area contributed by atoms with Crippen LogP contribution in [0.5, 0.6) is 0 Å². The zero-order chi connectivity index (χ0) is 84.7. The highest BCUT2D eigenvalue weighted by atomic mass is 31.3. The van der Waals surface area contributed by atoms with E-state index in [9.17, 15) is 86.4 Å². The molecule has 12 rings (SSSR count). The van der Waals surface area contributed by atoms with E-state index in [1.165, 1.54) is 4.57 Å². The van der Waals surface area contributed by atoms with Crippen LogP contribution in [0.1, 0.15) is 37.8 Å². The lowest BCUT2D eigenvalue weighted by Gasteiger charge is -2.24. The first-order chi connectivity index (χ1) is 53.4. The van der Waals surface area contributed by atoms with Crippen LogP contribution in [0.3, 0.4) is 0 Å². The molecule has 25 N–H and O–H groups in total. The van der Waals surface area contributed by atoms with Crippen LogP contribution < -0.4 is 22.9 Å². The number of aliphatic hydroxyl groups is 6. The molecule has 12 heterocycles. The quantitative estimate of drug-likeness (QED) is 0.00918. The normalized spacial score (nSPS) is 27.1. The topological polar surface area (TPSA) is 1030 Å². The van der Waals surface area contributed by atoms with Gasteiger partial charge in [0.25, 0.3) is 0 Å². The van der Waals surface area contributed by atoms with Gasteiger partial charge >= 0.3 is 70.4 Å². The number of hydrogen-bond donors (Lipinski definition) is 21. The molecule has 4 aliphatic heterocycles. The number of aliphatic hydroxyl groups excluding tert-OH is 6. The molecule has 6 unspecified atom stereocenters. The number of hydrogen-bond acceptors (Lipinski definition) is 49. The molecule has 20 atom stereocenters. The molecule has 8 aromatic rings. The third-order valence-corrected chi connectivity index (χ3v) is 26.6. The molecule has 0 radical (unpaired) electrons. The smallest absolute Gasteiger partial charge is 0.390 e. The molecule has 4 fully saturated rings. The minimum Gasteiger partial charge on any atom is -0.390 e. The lowest BCUT2D eigenvalue weighted by molar-refractivity contribution is -0.0597. The first-order valence-corrected chi connectivity index (χ1v) is 43.6. The first-order valence-electron chi connectivity index (χ1n) is 30.1. The van der Waals surface area contributed by atoms with E-state index in [0.29, 0.717) is 0 Å². The molecule has 4 aliphatic rings. The van der Waals surface area contributed by atoms with Gasteiger partial charge in [-0.1, -0.05) is 10.4 Å². The predicted octanol–water partition coefficient (Wildman–Crippen LogP) is -3.09. The Hall–Kier alpha value is -7.29. The van der Waals surface area contributed by atoms with Gasteiger partial charge in [0, 0.05) is 22.7 Å². The summed E-state index contributed by atoms with van der Waals surface area (Å²) in [5.74, 6) is -0.837. The van der Waals surface area contributed by atoms with Crippen LogP contribution in [0, 0.1) is 0 Å². The Kier molecular flexibility index (Phi) is 27.4. The fourth-order valence-corrected chi connectivity index (χ4v) is 19.9. The molecule has 0 saturated carbocycles. The minimum atomic E-state index is -5.95. The van der Waals surface area contributed by atoms with Crippen LogP contribution in [0.2, 0.25) is 0 Å². The lowest BCUT2D eigenvalue weighted by Crippen LogP contribution is -2.34. The molecular weight excluding hydrogens is 1770 g/mol. The van der Waals surface area contributed by atoms with E-state index in [2.05, 4.69) is 125 Å². The summed E-state index contributed by atoms with van der Waals surface area (Å²) >= 11 is 0. The monoisotopic (exact) mass is 1820 g/mol. The Balaban J connectivity index is 0.000000191. The third kappa shape index (κ3) is 22.4. The molecule has 8 aromatic heterocycles. The Labute approximate surface area is 630 Å². The summed E-state index contributed by atoms with van der Waals surface area (Å²) in [5.41, 5.74) is 41.1. The molecule has 4 saturated heterocycles. The molecule has 0 amide bonds. The van der Waals surface area contributed by atoms with Crippen molar-refractivity contribution in [1.82, 2.24) is 89.0 Å². The zero-order valence-electron chi connectivity index (χ0n) is 55.7. The molecule has 632 valence electrons. The van der Waals surface area contributed by atoms with Crippen LogP contribution in [-0.2, 0) is 104 Å². The molecule has 77 heteroatoms. The SMILES string of the molecule is Nc1ncnc2c1nnn2[C@@H]1O[C@H](COP(=O)(O)OP(=O)(O)OP(=O)(O)O)[C@@H](O)[C@H]1O.[N-]=[N+]=Nc1nc2c(N)ncnc2n1[C@@H]1O[C@H](COP(=O)(OC[C@H]2O[C@@H](n3nnc4c(N)ncnc43)C[C@@H]2O)OP(=O)(O)OP(=O)(O)O)[C@@H](O)[C@H]1O.[N-]=[N+]=Nc1nc2c(N)ncnc2n1[C@H]1C[C@H](O)[C@@H](COP(=O)(O)OP(=O)(O)OP(=O)(O)O)O1. The van der Waals surface area contributed by atoms with Gasteiger partial charge in [0.15, 0.2) is 86.6 Å². The van der Waals surface area contributed by atoms with Crippen molar-refractivity contribution in [2.24, 2.45) is 10.2 Å². The molecular formula is C38H55N28O40P9. The van der Waals surface area contributed by atoms with E-state index >= 15 is 0 Å². The number of nitrogen functional groups attached to an aromatic ring is 4. The van der Waals surface area contributed by atoms with Crippen molar-refractivity contribution in [3.63, 3.8) is 0 Å². The molecule has 0 bridgehead atoms. The Morgan fingerprint density at radius 1 is 0.409 bits per heavy atom. The number of fused-ring (bicyclic) bond motifs is 4. The van der Waals surface area contributed by atoms with Gasteiger partial charge in [-0.25, -0.2) is 90.9 Å². The number of imidazole rings is 2. The number of phosphoric ester groups is 3. The van der Waals surface area contributed by atoms with Crippen LogP contribution in [-0.4, -0.2) is 261 Å². The molecule has 68 nitrogen and oxygen atoms in total. The molecule has 0 aromatic carbocycles. The number of nitrogens with zero attached hydrogens (tertiary/aromatic N) is 24. The second kappa shape index (κ2) is 35.0. The van der Waals surface area contributed by atoms with E-state index in [1.54, 1.807) is 0 Å². The number of anilines is 4. The van der Waals surface area contributed by atoms with Gasteiger partial charge in [-0.05, 0) is 21.3 Å². The summed E-state index contributed by atoms with van der Waals surface area (Å²) in [5, 5.41) is 84.8. The summed E-state index contributed by atoms with van der Waals surface area (Å²) in [6, 6.07) is 0. The maximum absolute atomic E-state index is 13.7. The Bertz CT molecular complexity index is 5510. The lowest BCUT2D eigenvalue weighted by atomic mass is 10.1. The van der Waals surface area contributed by atoms with Gasteiger partial charge < -0.3 is 126 Å². The van der Waals surface area contributed by atoms with E-state index in [1.807, 2.05) is 0 Å². The van der Waals surface area contributed by atoms with Crippen LogP contribution >= 0.6 is 70.4 Å². The standard InChI is InChI=1S/C19H25N14O15P3.C10H15N8O12P3.C9H15N6O13P3/c20-14-10-16(25-4-23-14)32(19(27-10)29-30-22)18-13(36)12(35)8(46-18)3-44-51(42,48-50(40,41)47-49(37,38)39)43-2-7-6(34)1-9(45-7)33-17-11(28-31-33)15(21)24-5-26-17;11-8-7-9(14-3-13-8)18(10(15-7)16-17-12)6-1-4(19)5(28-6)2-27-32(23,24)30-33(25,26)29-31(20,21)22;10-7-4-8(12-2-11-7)15(14-13-4)9-6(17)5(16)3(26-9)1-25-30(21,22)28-31(23,24)27-29(18,19)20/h4-9,12-13,18,34-36H,1-3H2,(H,40,41)(H2,20,23,25)(H2,21,24,26)(H2,37,38,39);3-6,19H,1-2H2,(H,23,24)(H,25,26)(H2,11,13,14)(H2,20,21,22);2-3,5-6,9,16-17H,1H2,(H,21,22)(H,23,24)(H2,10,11,12)(H2,18,19,20)/t6-,7+,8+,9+,12+,13+,18+,51?;4-,5+,6+;3-,5-,6-,9-/m001/s1. The van der Waals surface area contributed by atoms with E-state index < -0.39 is 189 Å². The summed E-state index contributed by atoms with van der Waals surface area (Å²) < 4.78 is 173. The second-order valence-electron chi connectivity index (χ2n) is 22.6. The second-order valence-corrected chi connectivity index (χ2v) is 36.1. The van der Waals surface area contributed by atoms with Crippen molar-refractivity contribution in [3.8, 4) is 0 Å². The van der Waals surface area contributed by atoms with Crippen molar-refractivity contribution in [3.05, 3.63) is 46.2 Å². The fraction of sp³-hybridized carbons (Fsp3) is 0.526. The fourth-order valence-electron chi connectivity index (χ4n) is 10.3. The van der Waals surface area contributed by atoms with E-state index in [-0.39, 0.29) is 86.7 Å². The van der Waals surface area contributed by atoms with Crippen molar-refractivity contribution >= 4 is 150 Å². The van der Waals surface area contributed by atoms with Crippen molar-refractivity contribution in [2.75, 3.05) is 49.4 Å². The Morgan fingerprint density at radius 3 is 1.21 bits per heavy atom. The van der Waals surface area contributed by atoms with E-state index in [4.69, 9.17) is 101 Å². The number of ether oxygens (including phenoxy) is 4. The first kappa shape index (κ1) is 90.0. The van der Waals surface area contributed by atoms with Gasteiger partial charge in [-0.15, -0.1) is 10.2 Å². The Morgan fingerprint density at radius 2 is 0.757 bits per heavy atom. The maximum Gasteiger partial charge on any atom is 0.490 e. The minimum absolute atomic E-state index is 0.00854. The number of rotatable bonds is 30. The van der Waals surface area contributed by atoms with Crippen molar-refractivity contribution < 1.29 is 188 Å². The highest BCUT2D eigenvalue weighted by Gasteiger charge is 2.52. The summed E-state index contributed by atoms with van der Waals surface area (Å²) in [6.45, 7) is -3.87. The summed E-state index contributed by atoms with van der Waals surface area (Å²) in [4.78, 5) is 143. The van der Waals surface area contributed by atoms with Crippen molar-refractivity contribution in [2.45, 2.75) is 98.8 Å². The van der Waals surface area contributed by atoms with Gasteiger partial charge in [0.1, 0.15) is 80.4 Å². The van der Waals surface area contributed by atoms with Crippen LogP contribution in [0.15, 0.2) is 35.5 Å². The number of nitrogens with two attached hydrogens (primary N) is 4. The van der Waals surface area contributed by atoms with Crippen molar-refractivity contribution in [1.29, 1.82) is 0 Å². The predicted molar refractivity (Wildman–Crippen MR) is 356 cm³/mol. The van der Waals surface area contributed by atoms with Gasteiger partial charge in [-0.3, -0.25) is 27.2 Å². The van der Waals surface area contributed by atoms with Gasteiger partial charge in [0.2, 0.25) is 11.9 Å². The molecule has 115 heavy (non-hydrogen) atoms. The highest BCUT2D eigenvalue weighted by molar-refractivity contribution is 7.68. The molecule has 0 aliphatic carbocycles. The average Bonchev–Trinajstić information content (AvgIpc) is 1.62. The van der Waals surface area contributed by atoms with Gasteiger partial charge in [-0.2, -0.15) is 35.2 Å². The highest BCUT2D eigenvalue weighted by Crippen LogP contribution is 2.70. The maximum atomic E-state index is 13.7. The summed E-state index contributed by atoms with van der Waals surface area (Å²) in [6.07, 6.45) is -16.8.